The number of nitrogens with one attached hydrogen (secondary N) is 1. The van der Waals surface area contributed by atoms with Crippen LogP contribution in [-0.4, -0.2) is 56.5 Å². The summed E-state index contributed by atoms with van der Waals surface area (Å²) >= 11 is 0. The minimum Gasteiger partial charge on any atom is -0.358 e. The van der Waals surface area contributed by atoms with Crippen molar-refractivity contribution in [2.75, 3.05) is 38.8 Å². The highest BCUT2D eigenvalue weighted by molar-refractivity contribution is 5.99. The van der Waals surface area contributed by atoms with Crippen LogP contribution in [0, 0.1) is 0 Å². The average Bonchev–Trinajstić information content (AvgIpc) is 2.60. The Morgan fingerprint density at radius 3 is 2.75 bits per heavy atom. The Labute approximate surface area is 140 Å². The molecule has 0 unspecified atom stereocenters. The molecule has 0 aliphatic carbocycles. The molecule has 0 bridgehead atoms. The molecule has 2 rings (SSSR count). The van der Waals surface area contributed by atoms with Crippen molar-refractivity contribution in [2.24, 2.45) is 0 Å². The number of rotatable bonds is 6. The van der Waals surface area contributed by atoms with E-state index in [1.54, 1.807) is 30.1 Å². The number of alkyl halides is 1. The fourth-order valence-electron chi connectivity index (χ4n) is 2.73. The van der Waals surface area contributed by atoms with Gasteiger partial charge in [-0.05, 0) is 36.6 Å². The van der Waals surface area contributed by atoms with Gasteiger partial charge in [-0.2, -0.15) is 0 Å². The Kier molecular flexibility index (Phi) is 5.89. The van der Waals surface area contributed by atoms with Gasteiger partial charge in [-0.25, -0.2) is 0 Å². The molecular weight excluding hydrogens is 313 g/mol. The Balaban J connectivity index is 2.23. The van der Waals surface area contributed by atoms with E-state index in [4.69, 9.17) is 0 Å². The number of carbonyl (C=O) groups excluding carboxylic acids is 3. The third-order valence-electron chi connectivity index (χ3n) is 4.13. The number of amides is 3. The molecule has 1 aromatic rings. The first-order valence-electron chi connectivity index (χ1n) is 7.93. The van der Waals surface area contributed by atoms with Gasteiger partial charge in [0.15, 0.2) is 0 Å². The molecule has 0 aromatic heterocycles. The van der Waals surface area contributed by atoms with Gasteiger partial charge in [-0.3, -0.25) is 18.8 Å². The molecule has 0 saturated carbocycles. The van der Waals surface area contributed by atoms with Crippen molar-refractivity contribution < 1.29 is 18.8 Å². The van der Waals surface area contributed by atoms with E-state index in [0.717, 1.165) is 11.3 Å². The lowest BCUT2D eigenvalue weighted by atomic mass is 9.98. The van der Waals surface area contributed by atoms with Gasteiger partial charge >= 0.3 is 0 Å². The van der Waals surface area contributed by atoms with Crippen molar-refractivity contribution >= 4 is 23.4 Å². The van der Waals surface area contributed by atoms with E-state index in [0.29, 0.717) is 18.4 Å². The van der Waals surface area contributed by atoms with Crippen molar-refractivity contribution in [3.8, 4) is 0 Å². The van der Waals surface area contributed by atoms with Gasteiger partial charge in [-0.1, -0.05) is 0 Å². The van der Waals surface area contributed by atoms with Crippen molar-refractivity contribution in [1.82, 2.24) is 10.2 Å². The predicted octanol–water partition coefficient (Wildman–Crippen LogP) is 1.14. The van der Waals surface area contributed by atoms with E-state index >= 15 is 0 Å². The molecule has 0 atom stereocenters. The number of hydrogen-bond acceptors (Lipinski definition) is 3. The minimum absolute atomic E-state index is 0.0470. The summed E-state index contributed by atoms with van der Waals surface area (Å²) in [5.74, 6) is -0.564. The number of likely N-dealkylation sites (N-methyl/N-ethyl adjacent to an activating group) is 1. The second kappa shape index (κ2) is 7.90. The summed E-state index contributed by atoms with van der Waals surface area (Å²) < 4.78 is 12.5. The second-order valence-electron chi connectivity index (χ2n) is 5.74. The molecule has 1 N–H and O–H groups in total. The zero-order valence-electron chi connectivity index (χ0n) is 14.0. The fraction of sp³-hybridized carbons (Fsp3) is 0.471. The number of hydrogen-bond donors (Lipinski definition) is 1. The van der Waals surface area contributed by atoms with Crippen LogP contribution in [0.4, 0.5) is 10.1 Å². The lowest BCUT2D eigenvalue weighted by molar-refractivity contribution is -0.121. The van der Waals surface area contributed by atoms with E-state index in [9.17, 15) is 18.8 Å². The first-order chi connectivity index (χ1) is 11.5. The van der Waals surface area contributed by atoms with Crippen LogP contribution in [0.5, 0.6) is 0 Å². The number of carbonyl (C=O) groups is 3. The maximum atomic E-state index is 12.7. The lowest BCUT2D eigenvalue weighted by Gasteiger charge is -2.27. The van der Waals surface area contributed by atoms with E-state index in [2.05, 4.69) is 5.32 Å². The lowest BCUT2D eigenvalue weighted by Crippen LogP contribution is -2.40. The third-order valence-corrected chi connectivity index (χ3v) is 4.13. The Morgan fingerprint density at radius 2 is 2.08 bits per heavy atom. The van der Waals surface area contributed by atoms with Crippen molar-refractivity contribution in [3.05, 3.63) is 29.3 Å². The van der Waals surface area contributed by atoms with Gasteiger partial charge in [-0.15, -0.1) is 0 Å². The van der Waals surface area contributed by atoms with Crippen LogP contribution in [0.1, 0.15) is 28.8 Å². The number of fused-ring (bicyclic) bond motifs is 1. The van der Waals surface area contributed by atoms with Gasteiger partial charge in [0, 0.05) is 38.3 Å². The summed E-state index contributed by atoms with van der Waals surface area (Å²) in [6, 6.07) is 5.14. The molecule has 1 heterocycles. The molecule has 0 saturated heterocycles. The number of halogens is 1. The van der Waals surface area contributed by atoms with E-state index < -0.39 is 6.67 Å². The molecule has 0 fully saturated rings. The third kappa shape index (κ3) is 3.90. The van der Waals surface area contributed by atoms with Gasteiger partial charge in [0.25, 0.3) is 5.91 Å². The number of benzene rings is 1. The van der Waals surface area contributed by atoms with Crippen molar-refractivity contribution in [2.45, 2.75) is 19.3 Å². The topological polar surface area (TPSA) is 69.7 Å². The maximum absolute atomic E-state index is 12.7. The van der Waals surface area contributed by atoms with Gasteiger partial charge < -0.3 is 15.1 Å². The second-order valence-corrected chi connectivity index (χ2v) is 5.74. The van der Waals surface area contributed by atoms with E-state index in [1.165, 1.54) is 11.9 Å². The number of aryl methyl sites for hydroxylation is 1. The van der Waals surface area contributed by atoms with Gasteiger partial charge in [0.1, 0.15) is 0 Å². The average molecular weight is 335 g/mol. The van der Waals surface area contributed by atoms with Crippen LogP contribution in [0.2, 0.25) is 0 Å². The summed E-state index contributed by atoms with van der Waals surface area (Å²) in [5.41, 5.74) is 2.16. The molecule has 7 heteroatoms. The zero-order chi connectivity index (χ0) is 17.7. The monoisotopic (exact) mass is 335 g/mol. The highest BCUT2D eigenvalue weighted by Crippen LogP contribution is 2.28. The first kappa shape index (κ1) is 17.9. The van der Waals surface area contributed by atoms with Crippen molar-refractivity contribution in [1.29, 1.82) is 0 Å². The quantitative estimate of drug-likeness (QED) is 0.848. The molecule has 130 valence electrons. The Bertz CT molecular complexity index is 648. The molecule has 6 nitrogen and oxygen atoms in total. The summed E-state index contributed by atoms with van der Waals surface area (Å²) in [7, 11) is 3.20. The first-order valence-corrected chi connectivity index (χ1v) is 7.93. The Hall–Kier alpha value is -2.44. The molecule has 0 radical (unpaired) electrons. The smallest absolute Gasteiger partial charge is 0.254 e. The molecule has 3 amide bonds. The van der Waals surface area contributed by atoms with Crippen LogP contribution >= 0.6 is 0 Å². The van der Waals surface area contributed by atoms with Crippen LogP contribution in [-0.2, 0) is 16.0 Å². The molecule has 1 aliphatic heterocycles. The number of anilines is 1. The highest BCUT2D eigenvalue weighted by atomic mass is 19.1. The number of nitrogens with zero attached hydrogens (tertiary/aromatic N) is 2. The van der Waals surface area contributed by atoms with Crippen LogP contribution in [0.3, 0.4) is 0 Å². The minimum atomic E-state index is -0.547. The highest BCUT2D eigenvalue weighted by Gasteiger charge is 2.24. The van der Waals surface area contributed by atoms with E-state index in [-0.39, 0.29) is 37.2 Å². The standard InChI is InChI=1S/C17H22FN3O3/c1-19-15(22)11-21(9-3-8-18)17(24)13-4-6-14-12(10-13)5-7-16(23)20(14)2/h4,6,10H,3,5,7-9,11H2,1-2H3,(H,19,22). The molecule has 24 heavy (non-hydrogen) atoms. The maximum Gasteiger partial charge on any atom is 0.254 e. The van der Waals surface area contributed by atoms with Crippen LogP contribution in [0.25, 0.3) is 0 Å². The largest absolute Gasteiger partial charge is 0.358 e. The normalized spacial score (nSPS) is 13.5. The zero-order valence-corrected chi connectivity index (χ0v) is 14.0. The summed E-state index contributed by atoms with van der Waals surface area (Å²) in [6.07, 6.45) is 1.18. The van der Waals surface area contributed by atoms with Gasteiger partial charge in [0.05, 0.1) is 13.2 Å². The summed E-state index contributed by atoms with van der Waals surface area (Å²) in [6.45, 7) is -0.475. The fourth-order valence-corrected chi connectivity index (χ4v) is 2.73. The molecule has 1 aromatic carbocycles. The van der Waals surface area contributed by atoms with Crippen LogP contribution in [0.15, 0.2) is 18.2 Å². The molecule has 1 aliphatic rings. The van der Waals surface area contributed by atoms with Crippen LogP contribution < -0.4 is 10.2 Å². The predicted molar refractivity (Wildman–Crippen MR) is 88.7 cm³/mol. The van der Waals surface area contributed by atoms with Gasteiger partial charge in [0.2, 0.25) is 11.8 Å². The summed E-state index contributed by atoms with van der Waals surface area (Å²) in [4.78, 5) is 38.9. The molecular formula is C17H22FN3O3. The Morgan fingerprint density at radius 1 is 1.33 bits per heavy atom. The molecule has 0 spiro atoms. The summed E-state index contributed by atoms with van der Waals surface area (Å²) in [5, 5.41) is 2.47. The van der Waals surface area contributed by atoms with Crippen molar-refractivity contribution in [3.63, 3.8) is 0 Å². The SMILES string of the molecule is CNC(=O)CN(CCCF)C(=O)c1ccc2c(c1)CCC(=O)N2C. The van der Waals surface area contributed by atoms with E-state index in [1.807, 2.05) is 0 Å².